The Balaban J connectivity index is 1.71. The minimum absolute atomic E-state index is 0.0719. The van der Waals surface area contributed by atoms with E-state index >= 15 is 0 Å². The lowest BCUT2D eigenvalue weighted by Gasteiger charge is -2.09. The third-order valence-corrected chi connectivity index (χ3v) is 4.35. The molecule has 0 spiro atoms. The van der Waals surface area contributed by atoms with Gasteiger partial charge in [0.15, 0.2) is 6.61 Å². The summed E-state index contributed by atoms with van der Waals surface area (Å²) < 4.78 is 5.80. The van der Waals surface area contributed by atoms with Crippen molar-refractivity contribution in [1.29, 1.82) is 0 Å². The van der Waals surface area contributed by atoms with E-state index in [9.17, 15) is 14.4 Å². The van der Waals surface area contributed by atoms with Crippen LogP contribution in [0.2, 0.25) is 5.02 Å². The average molecular weight is 454 g/mol. The molecule has 0 aliphatic rings. The van der Waals surface area contributed by atoms with E-state index in [0.29, 0.717) is 16.4 Å². The molecule has 0 saturated carbocycles. The fourth-order valence-electron chi connectivity index (χ4n) is 2.16. The van der Waals surface area contributed by atoms with Gasteiger partial charge in [0.1, 0.15) is 0 Å². The lowest BCUT2D eigenvalue weighted by atomic mass is 10.2. The van der Waals surface area contributed by atoms with E-state index in [0.717, 1.165) is 10.0 Å². The number of hydrogen-bond donors (Lipinski definition) is 2. The topological polar surface area (TPSA) is 84.5 Å². The minimum Gasteiger partial charge on any atom is -0.456 e. The summed E-state index contributed by atoms with van der Waals surface area (Å²) in [7, 11) is 0. The molecule has 0 radical (unpaired) electrons. The van der Waals surface area contributed by atoms with Crippen molar-refractivity contribution >= 4 is 56.7 Å². The van der Waals surface area contributed by atoms with Crippen LogP contribution in [0.25, 0.3) is 0 Å². The molecule has 0 aromatic heterocycles. The predicted octanol–water partition coefficient (Wildman–Crippen LogP) is 4.31. The first-order valence-electron chi connectivity index (χ1n) is 8.11. The second-order valence-corrected chi connectivity index (χ2v) is 7.02. The average Bonchev–Trinajstić information content (AvgIpc) is 2.62. The number of amides is 2. The van der Waals surface area contributed by atoms with E-state index in [2.05, 4.69) is 26.6 Å². The van der Waals surface area contributed by atoms with Gasteiger partial charge in [0.2, 0.25) is 5.91 Å². The summed E-state index contributed by atoms with van der Waals surface area (Å²) in [4.78, 5) is 35.5. The summed E-state index contributed by atoms with van der Waals surface area (Å²) in [5.74, 6) is -1.45. The molecule has 8 heteroatoms. The van der Waals surface area contributed by atoms with Crippen LogP contribution in [0.15, 0.2) is 46.9 Å². The zero-order chi connectivity index (χ0) is 19.8. The normalized spacial score (nSPS) is 10.2. The summed E-state index contributed by atoms with van der Waals surface area (Å²) in [6, 6.07) is 12.2. The maximum atomic E-state index is 11.9. The van der Waals surface area contributed by atoms with E-state index in [4.69, 9.17) is 16.3 Å². The molecule has 0 heterocycles. The van der Waals surface area contributed by atoms with Gasteiger partial charge in [-0.3, -0.25) is 14.4 Å². The number of carbonyl (C=O) groups is 3. The molecule has 0 fully saturated rings. The Labute approximate surface area is 170 Å². The molecule has 0 saturated heterocycles. The van der Waals surface area contributed by atoms with Gasteiger partial charge >= 0.3 is 5.97 Å². The second-order valence-electron chi connectivity index (χ2n) is 5.70. The number of ether oxygens (including phenoxy) is 1. The van der Waals surface area contributed by atoms with Crippen LogP contribution in [-0.2, 0) is 19.1 Å². The van der Waals surface area contributed by atoms with E-state index in [1.165, 1.54) is 0 Å². The van der Waals surface area contributed by atoms with Crippen LogP contribution in [0.5, 0.6) is 0 Å². The SMILES string of the molecule is Cc1cc(Br)ccc1NC(=O)COC(=O)CCC(=O)Nc1ccccc1Cl. The number of carbonyl (C=O) groups excluding carboxylic acids is 3. The number of nitrogens with one attached hydrogen (secondary N) is 2. The van der Waals surface area contributed by atoms with Gasteiger partial charge in [-0.25, -0.2) is 0 Å². The van der Waals surface area contributed by atoms with Gasteiger partial charge in [-0.05, 0) is 42.8 Å². The molecule has 2 rings (SSSR count). The van der Waals surface area contributed by atoms with Crippen molar-refractivity contribution in [1.82, 2.24) is 0 Å². The first-order chi connectivity index (χ1) is 12.8. The molecule has 0 atom stereocenters. The maximum absolute atomic E-state index is 11.9. The van der Waals surface area contributed by atoms with Gasteiger partial charge in [-0.15, -0.1) is 0 Å². The zero-order valence-corrected chi connectivity index (χ0v) is 16.9. The molecular formula is C19H18BrClN2O4. The first-order valence-corrected chi connectivity index (χ1v) is 9.28. The largest absolute Gasteiger partial charge is 0.456 e. The zero-order valence-electron chi connectivity index (χ0n) is 14.6. The molecule has 2 amide bonds. The van der Waals surface area contributed by atoms with Crippen molar-refractivity contribution in [2.24, 2.45) is 0 Å². The monoisotopic (exact) mass is 452 g/mol. The smallest absolute Gasteiger partial charge is 0.306 e. The Kier molecular flexibility index (Phi) is 7.82. The molecule has 0 aliphatic heterocycles. The number of halogens is 2. The highest BCUT2D eigenvalue weighted by molar-refractivity contribution is 9.10. The van der Waals surface area contributed by atoms with Crippen LogP contribution in [0.4, 0.5) is 11.4 Å². The Morgan fingerprint density at radius 3 is 2.41 bits per heavy atom. The first kappa shape index (κ1) is 20.9. The molecule has 2 aromatic carbocycles. The van der Waals surface area contributed by atoms with Crippen LogP contribution < -0.4 is 10.6 Å². The van der Waals surface area contributed by atoms with E-state index in [1.807, 2.05) is 13.0 Å². The Bertz CT molecular complexity index is 857. The van der Waals surface area contributed by atoms with Crippen molar-refractivity contribution < 1.29 is 19.1 Å². The fraction of sp³-hybridized carbons (Fsp3) is 0.211. The van der Waals surface area contributed by atoms with Gasteiger partial charge < -0.3 is 15.4 Å². The van der Waals surface area contributed by atoms with E-state index in [1.54, 1.807) is 36.4 Å². The molecule has 2 N–H and O–H groups in total. The lowest BCUT2D eigenvalue weighted by molar-refractivity contribution is -0.147. The third kappa shape index (κ3) is 7.03. The number of para-hydroxylation sites is 1. The predicted molar refractivity (Wildman–Crippen MR) is 108 cm³/mol. The summed E-state index contributed by atoms with van der Waals surface area (Å²) in [5.41, 5.74) is 1.99. The Hall–Kier alpha value is -2.38. The molecular weight excluding hydrogens is 436 g/mol. The minimum atomic E-state index is -0.632. The number of esters is 1. The van der Waals surface area contributed by atoms with E-state index < -0.39 is 18.5 Å². The molecule has 6 nitrogen and oxygen atoms in total. The second kappa shape index (κ2) is 10.1. The number of anilines is 2. The van der Waals surface area contributed by atoms with Crippen LogP contribution in [-0.4, -0.2) is 24.4 Å². The van der Waals surface area contributed by atoms with Crippen LogP contribution in [0.1, 0.15) is 18.4 Å². The summed E-state index contributed by atoms with van der Waals surface area (Å²) in [6.45, 7) is 1.43. The van der Waals surface area contributed by atoms with Crippen LogP contribution >= 0.6 is 27.5 Å². The van der Waals surface area contributed by atoms with Crippen molar-refractivity contribution in [3.8, 4) is 0 Å². The quantitative estimate of drug-likeness (QED) is 0.612. The van der Waals surface area contributed by atoms with Crippen molar-refractivity contribution in [3.05, 3.63) is 57.5 Å². The number of rotatable bonds is 7. The van der Waals surface area contributed by atoms with Crippen molar-refractivity contribution in [2.45, 2.75) is 19.8 Å². The molecule has 0 unspecified atom stereocenters. The van der Waals surface area contributed by atoms with Crippen LogP contribution in [0.3, 0.4) is 0 Å². The molecule has 0 bridgehead atoms. The fourth-order valence-corrected chi connectivity index (χ4v) is 2.82. The van der Waals surface area contributed by atoms with Gasteiger partial charge in [0.05, 0.1) is 17.1 Å². The van der Waals surface area contributed by atoms with Gasteiger partial charge in [0.25, 0.3) is 5.91 Å². The maximum Gasteiger partial charge on any atom is 0.306 e. The highest BCUT2D eigenvalue weighted by atomic mass is 79.9. The van der Waals surface area contributed by atoms with Crippen molar-refractivity contribution in [3.63, 3.8) is 0 Å². The highest BCUT2D eigenvalue weighted by Crippen LogP contribution is 2.21. The van der Waals surface area contributed by atoms with E-state index in [-0.39, 0.29) is 18.7 Å². The summed E-state index contributed by atoms with van der Waals surface area (Å²) in [5, 5.41) is 5.69. The number of aryl methyl sites for hydroxylation is 1. The molecule has 0 aliphatic carbocycles. The summed E-state index contributed by atoms with van der Waals surface area (Å²) in [6.07, 6.45) is -0.210. The lowest BCUT2D eigenvalue weighted by Crippen LogP contribution is -2.22. The molecule has 2 aromatic rings. The molecule has 142 valence electrons. The third-order valence-electron chi connectivity index (χ3n) is 3.53. The van der Waals surface area contributed by atoms with Gasteiger partial charge in [0, 0.05) is 16.6 Å². The number of hydrogen-bond acceptors (Lipinski definition) is 4. The number of benzene rings is 2. The highest BCUT2D eigenvalue weighted by Gasteiger charge is 2.12. The Morgan fingerprint density at radius 1 is 1.00 bits per heavy atom. The summed E-state index contributed by atoms with van der Waals surface area (Å²) >= 11 is 9.29. The Morgan fingerprint density at radius 2 is 1.70 bits per heavy atom. The van der Waals surface area contributed by atoms with Gasteiger partial charge in [-0.1, -0.05) is 39.7 Å². The van der Waals surface area contributed by atoms with Crippen molar-refractivity contribution in [2.75, 3.05) is 17.2 Å². The van der Waals surface area contributed by atoms with Crippen LogP contribution in [0, 0.1) is 6.92 Å². The standard InChI is InChI=1S/C19H18BrClN2O4/c1-12-10-13(20)6-7-15(12)22-18(25)11-27-19(26)9-8-17(24)23-16-5-3-2-4-14(16)21/h2-7,10H,8-9,11H2,1H3,(H,22,25)(H,23,24). The molecule has 27 heavy (non-hydrogen) atoms. The van der Waals surface area contributed by atoms with Gasteiger partial charge in [-0.2, -0.15) is 0 Å².